The molecule has 2 heterocycles. The third-order valence-corrected chi connectivity index (χ3v) is 3.58. The maximum absolute atomic E-state index is 6.13. The summed E-state index contributed by atoms with van der Waals surface area (Å²) in [6.07, 6.45) is 8.85. The molecule has 1 unspecified atom stereocenters. The van der Waals surface area contributed by atoms with Crippen molar-refractivity contribution in [1.82, 2.24) is 14.9 Å². The first-order chi connectivity index (χ1) is 9.24. The first-order valence-corrected chi connectivity index (χ1v) is 7.09. The molecule has 102 valence electrons. The van der Waals surface area contributed by atoms with Gasteiger partial charge >= 0.3 is 0 Å². The topological polar surface area (TPSA) is 29.9 Å². The molecule has 1 N–H and O–H groups in total. The van der Waals surface area contributed by atoms with E-state index in [1.54, 1.807) is 12.4 Å². The fraction of sp³-hybridized carbons (Fsp3) is 0.400. The summed E-state index contributed by atoms with van der Waals surface area (Å²) in [7, 11) is 0. The summed E-state index contributed by atoms with van der Waals surface area (Å²) < 4.78 is 2.16. The van der Waals surface area contributed by atoms with Crippen molar-refractivity contribution >= 4 is 11.6 Å². The van der Waals surface area contributed by atoms with E-state index in [1.165, 1.54) is 5.56 Å². The van der Waals surface area contributed by atoms with Crippen molar-refractivity contribution in [3.05, 3.63) is 53.1 Å². The van der Waals surface area contributed by atoms with Crippen LogP contribution >= 0.6 is 11.6 Å². The number of nitrogens with one attached hydrogen (secondary N) is 1. The largest absolute Gasteiger partial charge is 0.350 e. The van der Waals surface area contributed by atoms with Gasteiger partial charge in [0.2, 0.25) is 0 Å². The Morgan fingerprint density at radius 3 is 2.89 bits per heavy atom. The van der Waals surface area contributed by atoms with Gasteiger partial charge in [0, 0.05) is 37.4 Å². The van der Waals surface area contributed by atoms with Gasteiger partial charge in [-0.05, 0) is 36.2 Å². The Balaban J connectivity index is 2.11. The molecule has 1 atom stereocenters. The highest BCUT2D eigenvalue weighted by Gasteiger charge is 2.09. The lowest BCUT2D eigenvalue weighted by Crippen LogP contribution is -2.19. The minimum Gasteiger partial charge on any atom is -0.350 e. The predicted octanol–water partition coefficient (Wildman–Crippen LogP) is 3.65. The summed E-state index contributed by atoms with van der Waals surface area (Å²) in [5.74, 6) is 0. The molecular weight excluding hydrogens is 258 g/mol. The Hall–Kier alpha value is -1.32. The Labute approximate surface area is 119 Å². The number of halogens is 1. The maximum atomic E-state index is 6.13. The normalized spacial score (nSPS) is 12.6. The number of aromatic nitrogens is 2. The van der Waals surface area contributed by atoms with E-state index in [0.29, 0.717) is 6.04 Å². The molecule has 2 rings (SSSR count). The van der Waals surface area contributed by atoms with Crippen LogP contribution < -0.4 is 5.32 Å². The van der Waals surface area contributed by atoms with Gasteiger partial charge < -0.3 is 9.88 Å². The van der Waals surface area contributed by atoms with Crippen molar-refractivity contribution in [2.75, 3.05) is 6.54 Å². The van der Waals surface area contributed by atoms with Crippen LogP contribution in [0.1, 0.15) is 37.4 Å². The minimum absolute atomic E-state index is 0.430. The second kappa shape index (κ2) is 6.73. The molecule has 0 radical (unpaired) electrons. The highest BCUT2D eigenvalue weighted by molar-refractivity contribution is 6.31. The van der Waals surface area contributed by atoms with Crippen molar-refractivity contribution in [1.29, 1.82) is 0 Å². The number of hydrogen-bond acceptors (Lipinski definition) is 2. The van der Waals surface area contributed by atoms with Crippen LogP contribution in [0.4, 0.5) is 0 Å². The Morgan fingerprint density at radius 1 is 1.37 bits per heavy atom. The quantitative estimate of drug-likeness (QED) is 0.874. The molecule has 3 nitrogen and oxygen atoms in total. The molecule has 0 aliphatic rings. The molecule has 0 fully saturated rings. The SMILES string of the molecule is CCNC(CC)c1ccn(Cc2ccncc2Cl)c1. The number of nitrogens with zero attached hydrogens (tertiary/aromatic N) is 2. The molecule has 19 heavy (non-hydrogen) atoms. The van der Waals surface area contributed by atoms with Gasteiger partial charge in [-0.1, -0.05) is 25.4 Å². The molecule has 4 heteroatoms. The van der Waals surface area contributed by atoms with Crippen LogP contribution in [0.3, 0.4) is 0 Å². The van der Waals surface area contributed by atoms with E-state index in [4.69, 9.17) is 11.6 Å². The molecule has 0 aromatic carbocycles. The van der Waals surface area contributed by atoms with E-state index in [-0.39, 0.29) is 0 Å². The highest BCUT2D eigenvalue weighted by atomic mass is 35.5. The lowest BCUT2D eigenvalue weighted by molar-refractivity contribution is 0.536. The molecule has 0 aliphatic carbocycles. The van der Waals surface area contributed by atoms with Gasteiger partial charge in [-0.25, -0.2) is 0 Å². The third-order valence-electron chi connectivity index (χ3n) is 3.24. The van der Waals surface area contributed by atoms with Crippen LogP contribution in [0.5, 0.6) is 0 Å². The van der Waals surface area contributed by atoms with Crippen molar-refractivity contribution in [2.24, 2.45) is 0 Å². The second-order valence-electron chi connectivity index (χ2n) is 4.60. The van der Waals surface area contributed by atoms with Gasteiger partial charge in [0.05, 0.1) is 5.02 Å². The summed E-state index contributed by atoms with van der Waals surface area (Å²) in [5.41, 5.74) is 2.42. The second-order valence-corrected chi connectivity index (χ2v) is 5.01. The van der Waals surface area contributed by atoms with E-state index < -0.39 is 0 Å². The van der Waals surface area contributed by atoms with Crippen LogP contribution in [-0.4, -0.2) is 16.1 Å². The smallest absolute Gasteiger partial charge is 0.0639 e. The average Bonchev–Trinajstić information content (AvgIpc) is 2.87. The number of rotatable bonds is 6. The van der Waals surface area contributed by atoms with Crippen molar-refractivity contribution in [3.63, 3.8) is 0 Å². The fourth-order valence-corrected chi connectivity index (χ4v) is 2.42. The van der Waals surface area contributed by atoms with Crippen molar-refractivity contribution in [3.8, 4) is 0 Å². The molecule has 0 spiro atoms. The van der Waals surface area contributed by atoms with Crippen LogP contribution in [0, 0.1) is 0 Å². The maximum Gasteiger partial charge on any atom is 0.0639 e. The van der Waals surface area contributed by atoms with Crippen molar-refractivity contribution < 1.29 is 0 Å². The van der Waals surface area contributed by atoms with Gasteiger partial charge in [-0.3, -0.25) is 4.98 Å². The van der Waals surface area contributed by atoms with E-state index in [1.807, 2.05) is 6.07 Å². The Bertz CT molecular complexity index is 522. The van der Waals surface area contributed by atoms with E-state index >= 15 is 0 Å². The zero-order valence-corrected chi connectivity index (χ0v) is 12.2. The van der Waals surface area contributed by atoms with Crippen LogP contribution in [0.25, 0.3) is 0 Å². The summed E-state index contributed by atoms with van der Waals surface area (Å²) >= 11 is 6.13. The lowest BCUT2D eigenvalue weighted by Gasteiger charge is -2.14. The zero-order valence-electron chi connectivity index (χ0n) is 11.4. The highest BCUT2D eigenvalue weighted by Crippen LogP contribution is 2.19. The molecule has 2 aromatic heterocycles. The summed E-state index contributed by atoms with van der Waals surface area (Å²) in [5, 5.41) is 4.21. The molecule has 0 amide bonds. The Morgan fingerprint density at radius 2 is 2.21 bits per heavy atom. The van der Waals surface area contributed by atoms with Gasteiger partial charge in [0.25, 0.3) is 0 Å². The molecule has 0 bridgehead atoms. The molecule has 0 aliphatic heterocycles. The first-order valence-electron chi connectivity index (χ1n) is 6.72. The van der Waals surface area contributed by atoms with Crippen LogP contribution in [0.15, 0.2) is 36.9 Å². The molecule has 0 saturated carbocycles. The first kappa shape index (κ1) is 14.1. The molecule has 2 aromatic rings. The average molecular weight is 278 g/mol. The van der Waals surface area contributed by atoms with Gasteiger partial charge in [0.15, 0.2) is 0 Å². The van der Waals surface area contributed by atoms with Gasteiger partial charge in [-0.15, -0.1) is 0 Å². The van der Waals surface area contributed by atoms with Crippen LogP contribution in [0.2, 0.25) is 5.02 Å². The fourth-order valence-electron chi connectivity index (χ4n) is 2.24. The Kier molecular flexibility index (Phi) is 5.00. The molecule has 0 saturated heterocycles. The van der Waals surface area contributed by atoms with E-state index in [2.05, 4.69) is 47.2 Å². The minimum atomic E-state index is 0.430. The third kappa shape index (κ3) is 3.58. The summed E-state index contributed by atoms with van der Waals surface area (Å²) in [6, 6.07) is 4.56. The predicted molar refractivity (Wildman–Crippen MR) is 79.5 cm³/mol. The van der Waals surface area contributed by atoms with E-state index in [9.17, 15) is 0 Å². The summed E-state index contributed by atoms with van der Waals surface area (Å²) in [6.45, 7) is 6.10. The number of hydrogen-bond donors (Lipinski definition) is 1. The standard InChI is InChI=1S/C15H20ClN3/c1-3-15(18-4-2)13-6-8-19(11-13)10-12-5-7-17-9-14(12)16/h5-9,11,15,18H,3-4,10H2,1-2H3. The lowest BCUT2D eigenvalue weighted by atomic mass is 10.1. The van der Waals surface area contributed by atoms with Crippen molar-refractivity contribution in [2.45, 2.75) is 32.9 Å². The zero-order chi connectivity index (χ0) is 13.7. The van der Waals surface area contributed by atoms with E-state index in [0.717, 1.165) is 30.1 Å². The van der Waals surface area contributed by atoms with Gasteiger partial charge in [0.1, 0.15) is 0 Å². The summed E-state index contributed by atoms with van der Waals surface area (Å²) in [4.78, 5) is 4.01. The molecular formula is C15H20ClN3. The van der Waals surface area contributed by atoms with Crippen LogP contribution in [-0.2, 0) is 6.54 Å². The van der Waals surface area contributed by atoms with Gasteiger partial charge in [-0.2, -0.15) is 0 Å². The number of pyridine rings is 1. The monoisotopic (exact) mass is 277 g/mol.